The highest BCUT2D eigenvalue weighted by molar-refractivity contribution is 7.39. The zero-order valence-corrected chi connectivity index (χ0v) is 19.7. The van der Waals surface area contributed by atoms with Gasteiger partial charge in [0.15, 0.2) is 0 Å². The van der Waals surface area contributed by atoms with Gasteiger partial charge in [-0.2, -0.15) is 0 Å². The highest BCUT2D eigenvalue weighted by atomic mass is 31.1. The van der Waals surface area contributed by atoms with Crippen molar-refractivity contribution in [3.05, 3.63) is 35.4 Å². The molecular formula is C25H45O3P. The van der Waals surface area contributed by atoms with Gasteiger partial charge in [0, 0.05) is 25.0 Å². The molecule has 0 radical (unpaired) electrons. The van der Waals surface area contributed by atoms with Crippen LogP contribution in [-0.4, -0.2) is 41.3 Å². The Balaban J connectivity index is 2.50. The number of hydrogen-bond donors (Lipinski definition) is 3. The highest BCUT2D eigenvalue weighted by Crippen LogP contribution is 2.49. The number of rotatable bonds is 19. The van der Waals surface area contributed by atoms with Gasteiger partial charge in [0.05, 0.1) is 0 Å². The monoisotopic (exact) mass is 424 g/mol. The summed E-state index contributed by atoms with van der Waals surface area (Å²) in [5.74, 6) is 0. The van der Waals surface area contributed by atoms with Crippen molar-refractivity contribution < 1.29 is 15.3 Å². The lowest BCUT2D eigenvalue weighted by Gasteiger charge is -2.35. The van der Waals surface area contributed by atoms with Crippen LogP contribution in [0.25, 0.3) is 0 Å². The van der Waals surface area contributed by atoms with Crippen molar-refractivity contribution in [1.82, 2.24) is 0 Å². The molecule has 0 aliphatic carbocycles. The molecule has 1 unspecified atom stereocenters. The van der Waals surface area contributed by atoms with Crippen molar-refractivity contribution in [3.8, 4) is 0 Å². The minimum Gasteiger partial charge on any atom is -0.396 e. The molecule has 4 heteroatoms. The van der Waals surface area contributed by atoms with Gasteiger partial charge in [-0.3, -0.25) is 0 Å². The normalized spacial score (nSPS) is 12.3. The Kier molecular flexibility index (Phi) is 15.8. The van der Waals surface area contributed by atoms with E-state index in [0.717, 1.165) is 11.7 Å². The number of hydrogen-bond acceptors (Lipinski definition) is 3. The van der Waals surface area contributed by atoms with Crippen LogP contribution in [0.5, 0.6) is 0 Å². The zero-order chi connectivity index (χ0) is 21.2. The van der Waals surface area contributed by atoms with Gasteiger partial charge in [0.25, 0.3) is 0 Å². The lowest BCUT2D eigenvalue weighted by atomic mass is 9.87. The van der Waals surface area contributed by atoms with Crippen molar-refractivity contribution >= 4 is 8.58 Å². The summed E-state index contributed by atoms with van der Waals surface area (Å²) in [7, 11) is 0.696. The molecule has 0 saturated carbocycles. The Hall–Kier alpha value is -0.470. The van der Waals surface area contributed by atoms with E-state index in [9.17, 15) is 15.3 Å². The van der Waals surface area contributed by atoms with Crippen LogP contribution in [0.1, 0.15) is 95.1 Å². The Labute approximate surface area is 181 Å². The molecule has 0 heterocycles. The van der Waals surface area contributed by atoms with E-state index in [4.69, 9.17) is 0 Å². The van der Waals surface area contributed by atoms with Gasteiger partial charge in [-0.15, -0.1) is 8.58 Å². The molecule has 1 aromatic carbocycles. The predicted molar refractivity (Wildman–Crippen MR) is 127 cm³/mol. The van der Waals surface area contributed by atoms with E-state index >= 15 is 0 Å². The maximum Gasteiger partial charge on any atom is 0.0471 e. The van der Waals surface area contributed by atoms with Crippen LogP contribution in [0.4, 0.5) is 0 Å². The minimum absolute atomic E-state index is 0.132. The molecule has 0 spiro atoms. The lowest BCUT2D eigenvalue weighted by Crippen LogP contribution is -2.26. The standard InChI is InChI=1S/C25H45O3P/c1-2-3-4-5-6-7-8-9-10-13-22-29-25(17-20-27,18-21-28)24-15-12-11-14-23(24)16-19-26/h11-12,14-15,26-29H,2-10,13,16-22H2,1H3. The molecule has 1 atom stereocenters. The smallest absolute Gasteiger partial charge is 0.0471 e. The second-order valence-electron chi connectivity index (χ2n) is 8.27. The van der Waals surface area contributed by atoms with E-state index in [1.54, 1.807) is 0 Å². The highest BCUT2D eigenvalue weighted by Gasteiger charge is 2.32. The molecule has 1 aromatic rings. The summed E-state index contributed by atoms with van der Waals surface area (Å²) in [6, 6.07) is 8.29. The summed E-state index contributed by atoms with van der Waals surface area (Å²) < 4.78 is 0. The molecule has 168 valence electrons. The van der Waals surface area contributed by atoms with Crippen molar-refractivity contribution in [2.75, 3.05) is 26.0 Å². The molecule has 0 saturated heterocycles. The van der Waals surface area contributed by atoms with Crippen molar-refractivity contribution in [1.29, 1.82) is 0 Å². The molecular weight excluding hydrogens is 379 g/mol. The van der Waals surface area contributed by atoms with Gasteiger partial charge in [-0.25, -0.2) is 0 Å². The van der Waals surface area contributed by atoms with Crippen LogP contribution >= 0.6 is 8.58 Å². The fourth-order valence-electron chi connectivity index (χ4n) is 4.31. The predicted octanol–water partition coefficient (Wildman–Crippen LogP) is 5.78. The fourth-order valence-corrected chi connectivity index (χ4v) is 6.23. The Bertz CT molecular complexity index is 501. The van der Waals surface area contributed by atoms with E-state index in [2.05, 4.69) is 19.1 Å². The molecule has 0 amide bonds. The van der Waals surface area contributed by atoms with Crippen LogP contribution in [0.15, 0.2) is 24.3 Å². The third-order valence-corrected chi connectivity index (χ3v) is 8.03. The topological polar surface area (TPSA) is 60.7 Å². The molecule has 0 aliphatic rings. The second-order valence-corrected chi connectivity index (χ2v) is 10.1. The number of benzene rings is 1. The molecule has 29 heavy (non-hydrogen) atoms. The molecule has 3 N–H and O–H groups in total. The van der Waals surface area contributed by atoms with Gasteiger partial charge in [0.1, 0.15) is 0 Å². The Morgan fingerprint density at radius 3 is 1.83 bits per heavy atom. The maximum atomic E-state index is 9.76. The largest absolute Gasteiger partial charge is 0.396 e. The van der Waals surface area contributed by atoms with E-state index in [0.29, 0.717) is 27.8 Å². The molecule has 3 nitrogen and oxygen atoms in total. The summed E-state index contributed by atoms with van der Waals surface area (Å²) in [4.78, 5) is 0. The third kappa shape index (κ3) is 10.4. The van der Waals surface area contributed by atoms with Gasteiger partial charge < -0.3 is 15.3 Å². The van der Waals surface area contributed by atoms with E-state index in [1.165, 1.54) is 69.8 Å². The lowest BCUT2D eigenvalue weighted by molar-refractivity contribution is 0.228. The molecule has 0 aromatic heterocycles. The van der Waals surface area contributed by atoms with E-state index < -0.39 is 0 Å². The first-order valence-electron chi connectivity index (χ1n) is 11.9. The van der Waals surface area contributed by atoms with Gasteiger partial charge in [-0.1, -0.05) is 89.0 Å². The average molecular weight is 425 g/mol. The minimum atomic E-state index is -0.158. The van der Waals surface area contributed by atoms with Crippen molar-refractivity contribution in [2.45, 2.75) is 95.6 Å². The van der Waals surface area contributed by atoms with Crippen LogP contribution in [0.3, 0.4) is 0 Å². The van der Waals surface area contributed by atoms with Crippen LogP contribution in [0, 0.1) is 0 Å². The van der Waals surface area contributed by atoms with Gasteiger partial charge in [0.2, 0.25) is 0 Å². The first-order valence-corrected chi connectivity index (χ1v) is 13.1. The molecule has 0 fully saturated rings. The van der Waals surface area contributed by atoms with E-state index in [1.807, 2.05) is 12.1 Å². The molecule has 1 rings (SSSR count). The van der Waals surface area contributed by atoms with Crippen LogP contribution in [-0.2, 0) is 11.6 Å². The van der Waals surface area contributed by atoms with Crippen molar-refractivity contribution in [2.24, 2.45) is 0 Å². The number of aliphatic hydroxyl groups is 3. The second kappa shape index (κ2) is 17.2. The number of aliphatic hydroxyl groups excluding tert-OH is 3. The maximum absolute atomic E-state index is 9.76. The SMILES string of the molecule is CCCCCCCCCCCCPC(CCO)(CCO)c1ccccc1CCO. The Morgan fingerprint density at radius 2 is 1.28 bits per heavy atom. The van der Waals surface area contributed by atoms with Crippen LogP contribution in [0.2, 0.25) is 0 Å². The zero-order valence-electron chi connectivity index (χ0n) is 18.7. The van der Waals surface area contributed by atoms with Gasteiger partial charge >= 0.3 is 0 Å². The molecule has 0 aliphatic heterocycles. The first kappa shape index (κ1) is 26.6. The summed E-state index contributed by atoms with van der Waals surface area (Å²) in [5, 5.41) is 28.8. The summed E-state index contributed by atoms with van der Waals surface area (Å²) in [6.07, 6.45) is 16.6. The van der Waals surface area contributed by atoms with Gasteiger partial charge in [-0.05, 0) is 43.0 Å². The summed E-state index contributed by atoms with van der Waals surface area (Å²) >= 11 is 0. The Morgan fingerprint density at radius 1 is 0.724 bits per heavy atom. The number of unbranched alkanes of at least 4 members (excludes halogenated alkanes) is 9. The third-order valence-electron chi connectivity index (χ3n) is 5.98. The molecule has 0 bridgehead atoms. The first-order chi connectivity index (χ1) is 14.2. The van der Waals surface area contributed by atoms with Crippen LogP contribution < -0.4 is 0 Å². The summed E-state index contributed by atoms with van der Waals surface area (Å²) in [5.41, 5.74) is 2.38. The van der Waals surface area contributed by atoms with E-state index in [-0.39, 0.29) is 25.0 Å². The quantitative estimate of drug-likeness (QED) is 0.195. The van der Waals surface area contributed by atoms with Crippen molar-refractivity contribution in [3.63, 3.8) is 0 Å². The fraction of sp³-hybridized carbons (Fsp3) is 0.760. The summed E-state index contributed by atoms with van der Waals surface area (Å²) in [6.45, 7) is 2.67. The average Bonchev–Trinajstić information content (AvgIpc) is 2.73.